The van der Waals surface area contributed by atoms with Crippen molar-refractivity contribution >= 4 is 23.3 Å². The molecule has 2 aromatic rings. The Morgan fingerprint density at radius 1 is 1.48 bits per heavy atom. The molecule has 3 rings (SSSR count). The first kappa shape index (κ1) is 13.3. The second kappa shape index (κ2) is 5.04. The van der Waals surface area contributed by atoms with E-state index >= 15 is 0 Å². The van der Waals surface area contributed by atoms with Gasteiger partial charge in [-0.1, -0.05) is 0 Å². The van der Waals surface area contributed by atoms with Crippen molar-refractivity contribution in [2.24, 2.45) is 7.05 Å². The van der Waals surface area contributed by atoms with Crippen molar-refractivity contribution < 1.29 is 14.0 Å². The number of aromatic nitrogens is 3. The smallest absolute Gasteiger partial charge is 0.277 e. The normalized spacial score (nSPS) is 14.8. The molecule has 2 aromatic heterocycles. The van der Waals surface area contributed by atoms with Crippen LogP contribution in [0.2, 0.25) is 0 Å². The third-order valence-electron chi connectivity index (χ3n) is 3.24. The number of rotatable bonds is 3. The van der Waals surface area contributed by atoms with E-state index in [0.717, 1.165) is 6.42 Å². The summed E-state index contributed by atoms with van der Waals surface area (Å²) in [6.07, 6.45) is 4.26. The molecule has 2 amide bonds. The number of aryl methyl sites for hydroxylation is 2. The molecule has 0 atom stereocenters. The van der Waals surface area contributed by atoms with Crippen LogP contribution < -0.4 is 10.2 Å². The lowest BCUT2D eigenvalue weighted by Gasteiger charge is -2.14. The Labute approximate surface area is 120 Å². The van der Waals surface area contributed by atoms with Crippen molar-refractivity contribution in [3.63, 3.8) is 0 Å². The number of oxazole rings is 1. The van der Waals surface area contributed by atoms with Crippen LogP contribution >= 0.6 is 0 Å². The molecule has 8 nitrogen and oxygen atoms in total. The summed E-state index contributed by atoms with van der Waals surface area (Å²) in [5, 5.41) is 6.98. The highest BCUT2D eigenvalue weighted by molar-refractivity contribution is 6.06. The van der Waals surface area contributed by atoms with Gasteiger partial charge in [-0.2, -0.15) is 5.10 Å². The topological polar surface area (TPSA) is 93.3 Å². The largest absolute Gasteiger partial charge is 0.448 e. The highest BCUT2D eigenvalue weighted by Crippen LogP contribution is 2.28. The average Bonchev–Trinajstić information content (AvgIpc) is 3.11. The monoisotopic (exact) mass is 289 g/mol. The first-order chi connectivity index (χ1) is 10.0. The quantitative estimate of drug-likeness (QED) is 0.913. The van der Waals surface area contributed by atoms with Crippen LogP contribution in [0.25, 0.3) is 0 Å². The van der Waals surface area contributed by atoms with Gasteiger partial charge in [0.05, 0.1) is 6.20 Å². The second-order valence-corrected chi connectivity index (χ2v) is 4.89. The van der Waals surface area contributed by atoms with Crippen LogP contribution in [0.3, 0.4) is 0 Å². The van der Waals surface area contributed by atoms with Crippen molar-refractivity contribution in [1.29, 1.82) is 0 Å². The molecule has 1 fully saturated rings. The van der Waals surface area contributed by atoms with E-state index in [-0.39, 0.29) is 11.6 Å². The number of carbonyl (C=O) groups excluding carboxylic acids is 2. The van der Waals surface area contributed by atoms with Gasteiger partial charge in [0, 0.05) is 26.9 Å². The first-order valence-corrected chi connectivity index (χ1v) is 6.62. The summed E-state index contributed by atoms with van der Waals surface area (Å²) < 4.78 is 6.58. The first-order valence-electron chi connectivity index (χ1n) is 6.62. The Kier molecular flexibility index (Phi) is 3.20. The minimum atomic E-state index is -0.396. The molecular formula is C13H15N5O3. The van der Waals surface area contributed by atoms with Gasteiger partial charge in [-0.05, 0) is 6.42 Å². The van der Waals surface area contributed by atoms with Crippen LogP contribution in [0, 0.1) is 6.92 Å². The molecule has 1 aliphatic rings. The maximum Gasteiger partial charge on any atom is 0.277 e. The number of nitrogens with one attached hydrogen (secondary N) is 1. The van der Waals surface area contributed by atoms with Gasteiger partial charge in [0.2, 0.25) is 5.91 Å². The average molecular weight is 289 g/mol. The summed E-state index contributed by atoms with van der Waals surface area (Å²) in [7, 11) is 1.74. The Hall–Kier alpha value is -2.64. The van der Waals surface area contributed by atoms with Gasteiger partial charge in [-0.25, -0.2) is 4.98 Å². The Morgan fingerprint density at radius 3 is 2.90 bits per heavy atom. The molecule has 1 saturated heterocycles. The van der Waals surface area contributed by atoms with E-state index in [0.29, 0.717) is 30.4 Å². The van der Waals surface area contributed by atoms with Gasteiger partial charge in [0.25, 0.3) is 5.91 Å². The fourth-order valence-corrected chi connectivity index (χ4v) is 2.29. The van der Waals surface area contributed by atoms with Crippen molar-refractivity contribution in [1.82, 2.24) is 14.8 Å². The molecule has 110 valence electrons. The third-order valence-corrected chi connectivity index (χ3v) is 3.24. The van der Waals surface area contributed by atoms with Gasteiger partial charge >= 0.3 is 0 Å². The number of anilines is 2. The van der Waals surface area contributed by atoms with Crippen molar-refractivity contribution in [2.75, 3.05) is 16.8 Å². The van der Waals surface area contributed by atoms with E-state index < -0.39 is 5.91 Å². The summed E-state index contributed by atoms with van der Waals surface area (Å²) in [5.74, 6) is 0.504. The zero-order chi connectivity index (χ0) is 15.0. The van der Waals surface area contributed by atoms with E-state index in [4.69, 9.17) is 4.42 Å². The molecular weight excluding hydrogens is 274 g/mol. The van der Waals surface area contributed by atoms with E-state index in [1.165, 1.54) is 6.26 Å². The van der Waals surface area contributed by atoms with Gasteiger partial charge in [0.1, 0.15) is 12.0 Å². The molecule has 3 heterocycles. The lowest BCUT2D eigenvalue weighted by molar-refractivity contribution is -0.117. The molecule has 1 aliphatic heterocycles. The van der Waals surface area contributed by atoms with Gasteiger partial charge in [0.15, 0.2) is 17.4 Å². The van der Waals surface area contributed by atoms with Crippen LogP contribution in [0.15, 0.2) is 16.9 Å². The zero-order valence-electron chi connectivity index (χ0n) is 11.8. The molecule has 0 saturated carbocycles. The fraction of sp³-hybridized carbons (Fsp3) is 0.385. The Bertz CT molecular complexity index is 702. The fourth-order valence-electron chi connectivity index (χ4n) is 2.29. The molecule has 21 heavy (non-hydrogen) atoms. The lowest BCUT2D eigenvalue weighted by atomic mass is 10.4. The number of carbonyl (C=O) groups is 2. The summed E-state index contributed by atoms with van der Waals surface area (Å²) >= 11 is 0. The van der Waals surface area contributed by atoms with Crippen LogP contribution in [0.1, 0.15) is 29.2 Å². The molecule has 1 N–H and O–H groups in total. The van der Waals surface area contributed by atoms with Gasteiger partial charge < -0.3 is 9.73 Å². The standard InChI is InChI=1S/C13H15N5O3/c1-8-14-10(7-21-8)13(20)15-9-6-17(2)16-12(9)18-5-3-4-11(18)19/h6-7H,3-5H2,1-2H3,(H,15,20). The summed E-state index contributed by atoms with van der Waals surface area (Å²) in [4.78, 5) is 29.5. The van der Waals surface area contributed by atoms with Crippen LogP contribution in [-0.2, 0) is 11.8 Å². The third kappa shape index (κ3) is 2.51. The molecule has 8 heteroatoms. The number of hydrogen-bond acceptors (Lipinski definition) is 5. The van der Waals surface area contributed by atoms with Gasteiger partial charge in [-0.15, -0.1) is 0 Å². The number of hydrogen-bond donors (Lipinski definition) is 1. The van der Waals surface area contributed by atoms with Crippen molar-refractivity contribution in [3.05, 3.63) is 24.0 Å². The van der Waals surface area contributed by atoms with Crippen LogP contribution in [0.5, 0.6) is 0 Å². The molecule has 0 aromatic carbocycles. The predicted octanol–water partition coefficient (Wildman–Crippen LogP) is 1.10. The van der Waals surface area contributed by atoms with E-state index in [9.17, 15) is 9.59 Å². The molecule has 0 radical (unpaired) electrons. The minimum absolute atomic E-state index is 0.0153. The minimum Gasteiger partial charge on any atom is -0.448 e. The molecule has 0 spiro atoms. The SMILES string of the molecule is Cc1nc(C(=O)Nc2cn(C)nc2N2CCCC2=O)co1. The highest BCUT2D eigenvalue weighted by atomic mass is 16.3. The van der Waals surface area contributed by atoms with Crippen LogP contribution in [-0.4, -0.2) is 33.1 Å². The van der Waals surface area contributed by atoms with Crippen molar-refractivity contribution in [2.45, 2.75) is 19.8 Å². The molecule has 0 unspecified atom stereocenters. The maximum atomic E-state index is 12.1. The summed E-state index contributed by atoms with van der Waals surface area (Å²) in [5.41, 5.74) is 0.674. The van der Waals surface area contributed by atoms with Gasteiger partial charge in [-0.3, -0.25) is 19.2 Å². The van der Waals surface area contributed by atoms with E-state index in [1.54, 1.807) is 29.7 Å². The zero-order valence-corrected chi connectivity index (χ0v) is 11.8. The van der Waals surface area contributed by atoms with E-state index in [2.05, 4.69) is 15.4 Å². The summed E-state index contributed by atoms with van der Waals surface area (Å²) in [6, 6.07) is 0. The lowest BCUT2D eigenvalue weighted by Crippen LogP contribution is -2.26. The molecule has 0 bridgehead atoms. The Morgan fingerprint density at radius 2 is 2.29 bits per heavy atom. The highest BCUT2D eigenvalue weighted by Gasteiger charge is 2.27. The van der Waals surface area contributed by atoms with Crippen LogP contribution in [0.4, 0.5) is 11.5 Å². The Balaban J connectivity index is 1.85. The maximum absolute atomic E-state index is 12.1. The number of amides is 2. The second-order valence-electron chi connectivity index (χ2n) is 4.89. The molecule has 0 aliphatic carbocycles. The predicted molar refractivity (Wildman–Crippen MR) is 74.0 cm³/mol. The van der Waals surface area contributed by atoms with Crippen molar-refractivity contribution in [3.8, 4) is 0 Å². The number of nitrogens with zero attached hydrogens (tertiary/aromatic N) is 4. The van der Waals surface area contributed by atoms with E-state index in [1.807, 2.05) is 0 Å². The summed E-state index contributed by atoms with van der Waals surface area (Å²) in [6.45, 7) is 2.27.